The van der Waals surface area contributed by atoms with Crippen molar-refractivity contribution in [3.63, 3.8) is 0 Å². The summed E-state index contributed by atoms with van der Waals surface area (Å²) >= 11 is 2.12. The molecular formula is C28H23N5O6S3. The molecule has 0 saturated heterocycles. The van der Waals surface area contributed by atoms with Crippen molar-refractivity contribution < 1.29 is 22.9 Å². The molecule has 0 N–H and O–H groups in total. The van der Waals surface area contributed by atoms with Crippen molar-refractivity contribution in [3.8, 4) is 5.75 Å². The van der Waals surface area contributed by atoms with Gasteiger partial charge in [0.15, 0.2) is 0 Å². The van der Waals surface area contributed by atoms with E-state index in [-0.39, 0.29) is 27.1 Å². The molecule has 42 heavy (non-hydrogen) atoms. The van der Waals surface area contributed by atoms with E-state index < -0.39 is 20.9 Å². The summed E-state index contributed by atoms with van der Waals surface area (Å²) < 4.78 is 33.6. The molecule has 0 aliphatic heterocycles. The third kappa shape index (κ3) is 6.21. The summed E-state index contributed by atoms with van der Waals surface area (Å²) in [6, 6.07) is 23.0. The minimum atomic E-state index is -3.82. The van der Waals surface area contributed by atoms with Crippen LogP contribution in [-0.4, -0.2) is 48.9 Å². The van der Waals surface area contributed by atoms with Gasteiger partial charge in [0.05, 0.1) is 38.2 Å². The van der Waals surface area contributed by atoms with Crippen LogP contribution >= 0.6 is 22.7 Å². The molecule has 0 radical (unpaired) electrons. The number of thiazole rings is 1. The Morgan fingerprint density at radius 2 is 1.79 bits per heavy atom. The van der Waals surface area contributed by atoms with Gasteiger partial charge in [0.25, 0.3) is 5.91 Å². The van der Waals surface area contributed by atoms with Crippen molar-refractivity contribution in [2.24, 2.45) is 5.10 Å². The van der Waals surface area contributed by atoms with E-state index in [1.165, 1.54) is 65.3 Å². The summed E-state index contributed by atoms with van der Waals surface area (Å²) in [7, 11) is -0.781. The number of ether oxygens (including phenoxy) is 1. The summed E-state index contributed by atoms with van der Waals surface area (Å²) in [5.41, 5.74) is 1.64. The van der Waals surface area contributed by atoms with Gasteiger partial charge >= 0.3 is 5.00 Å². The van der Waals surface area contributed by atoms with E-state index in [4.69, 9.17) is 4.74 Å². The van der Waals surface area contributed by atoms with Crippen molar-refractivity contribution in [1.29, 1.82) is 0 Å². The molecule has 14 heteroatoms. The molecule has 0 aliphatic rings. The molecule has 0 atom stereocenters. The molecule has 0 spiro atoms. The van der Waals surface area contributed by atoms with Crippen LogP contribution in [0.3, 0.4) is 0 Å². The van der Waals surface area contributed by atoms with E-state index in [1.54, 1.807) is 25.3 Å². The number of carbonyl (C=O) groups is 1. The second-order valence-electron chi connectivity index (χ2n) is 8.90. The lowest BCUT2D eigenvalue weighted by atomic mass is 10.2. The fraction of sp³-hybridized carbons (Fsp3) is 0.107. The number of sulfonamides is 1. The Hall–Kier alpha value is -4.50. The number of thiophene rings is 1. The SMILES string of the molecule is COc1ccc2nc(N(/N=C/c3ccc([N+](=O)[O-])s3)C(=O)c3ccc(S(=O)(=O)N(C)Cc4ccccc4)cc3)sc2c1. The van der Waals surface area contributed by atoms with Gasteiger partial charge in [-0.2, -0.15) is 14.4 Å². The van der Waals surface area contributed by atoms with Crippen molar-refractivity contribution in [2.75, 3.05) is 19.2 Å². The van der Waals surface area contributed by atoms with Crippen LogP contribution in [0.4, 0.5) is 10.1 Å². The van der Waals surface area contributed by atoms with Gasteiger partial charge in [0.2, 0.25) is 15.2 Å². The maximum atomic E-state index is 13.7. The van der Waals surface area contributed by atoms with Crippen LogP contribution in [-0.2, 0) is 16.6 Å². The van der Waals surface area contributed by atoms with Crippen LogP contribution in [0.5, 0.6) is 5.75 Å². The molecule has 0 fully saturated rings. The molecule has 2 aromatic heterocycles. The predicted molar refractivity (Wildman–Crippen MR) is 163 cm³/mol. The first-order chi connectivity index (χ1) is 20.2. The molecule has 214 valence electrons. The minimum Gasteiger partial charge on any atom is -0.497 e. The number of rotatable bonds is 10. The summed E-state index contributed by atoms with van der Waals surface area (Å²) in [5.74, 6) is 0.0592. The van der Waals surface area contributed by atoms with Crippen LogP contribution in [0.1, 0.15) is 20.8 Å². The van der Waals surface area contributed by atoms with Gasteiger partial charge in [-0.05, 0) is 54.1 Å². The van der Waals surface area contributed by atoms with Crippen molar-refractivity contribution in [3.05, 3.63) is 111 Å². The normalized spacial score (nSPS) is 11.8. The Bertz CT molecular complexity index is 1890. The number of benzene rings is 3. The Morgan fingerprint density at radius 3 is 2.45 bits per heavy atom. The van der Waals surface area contributed by atoms with Gasteiger partial charge in [-0.3, -0.25) is 14.9 Å². The number of anilines is 1. The number of hydrogen-bond acceptors (Lipinski definition) is 10. The zero-order valence-corrected chi connectivity index (χ0v) is 24.7. The molecule has 5 aromatic rings. The summed E-state index contributed by atoms with van der Waals surface area (Å²) in [6.45, 7) is 0.190. The molecule has 1 amide bonds. The van der Waals surface area contributed by atoms with Gasteiger partial charge < -0.3 is 4.74 Å². The van der Waals surface area contributed by atoms with Crippen molar-refractivity contribution >= 4 is 65.2 Å². The summed E-state index contributed by atoms with van der Waals surface area (Å²) in [6.07, 6.45) is 1.35. The van der Waals surface area contributed by atoms with E-state index in [0.29, 0.717) is 16.1 Å². The quantitative estimate of drug-likeness (QED) is 0.110. The number of nitrogens with zero attached hydrogens (tertiary/aromatic N) is 5. The molecule has 5 rings (SSSR count). The van der Waals surface area contributed by atoms with Gasteiger partial charge in [0.1, 0.15) is 5.75 Å². The van der Waals surface area contributed by atoms with Gasteiger partial charge in [-0.25, -0.2) is 13.4 Å². The van der Waals surface area contributed by atoms with E-state index in [2.05, 4.69) is 10.1 Å². The number of amides is 1. The smallest absolute Gasteiger partial charge is 0.324 e. The number of aromatic nitrogens is 1. The second kappa shape index (κ2) is 12.2. The standard InChI is InChI=1S/C28H23N5O6S3/c1-31(18-19-6-4-3-5-7-19)42(37,38)23-12-8-20(9-13-23)27(34)32(29-17-22-11-15-26(40-22)33(35)36)28-30-24-14-10-21(39-2)16-25(24)41-28/h3-17H,18H2,1-2H3/b29-17+. The lowest BCUT2D eigenvalue weighted by molar-refractivity contribution is -0.380. The molecular weight excluding hydrogens is 599 g/mol. The predicted octanol–water partition coefficient (Wildman–Crippen LogP) is 5.78. The highest BCUT2D eigenvalue weighted by Crippen LogP contribution is 2.33. The molecule has 3 aromatic carbocycles. The van der Waals surface area contributed by atoms with Crippen LogP contribution in [0.15, 0.2) is 94.9 Å². The number of fused-ring (bicyclic) bond motifs is 1. The summed E-state index contributed by atoms with van der Waals surface area (Å²) in [4.78, 5) is 29.3. The Morgan fingerprint density at radius 1 is 1.05 bits per heavy atom. The van der Waals surface area contributed by atoms with Crippen LogP contribution in [0.25, 0.3) is 10.2 Å². The van der Waals surface area contributed by atoms with Crippen molar-refractivity contribution in [2.45, 2.75) is 11.4 Å². The second-order valence-corrected chi connectivity index (χ2v) is 13.0. The maximum absolute atomic E-state index is 13.7. The first-order valence-corrected chi connectivity index (χ1v) is 15.4. The largest absolute Gasteiger partial charge is 0.497 e. The molecule has 0 aliphatic carbocycles. The topological polar surface area (TPSA) is 135 Å². The first kappa shape index (κ1) is 29.0. The van der Waals surface area contributed by atoms with E-state index in [9.17, 15) is 23.3 Å². The molecule has 0 unspecified atom stereocenters. The highest BCUT2D eigenvalue weighted by atomic mass is 32.2. The van der Waals surface area contributed by atoms with Crippen LogP contribution in [0.2, 0.25) is 0 Å². The number of hydrogen-bond donors (Lipinski definition) is 0. The van der Waals surface area contributed by atoms with Gasteiger partial charge in [-0.15, -0.1) is 0 Å². The molecule has 0 bridgehead atoms. The fourth-order valence-electron chi connectivity index (χ4n) is 3.92. The third-order valence-electron chi connectivity index (χ3n) is 6.11. The molecule has 11 nitrogen and oxygen atoms in total. The lowest BCUT2D eigenvalue weighted by Gasteiger charge is -2.18. The zero-order chi connectivity index (χ0) is 29.9. The molecule has 2 heterocycles. The van der Waals surface area contributed by atoms with Crippen LogP contribution in [0, 0.1) is 10.1 Å². The van der Waals surface area contributed by atoms with E-state index in [0.717, 1.165) is 26.6 Å². The monoisotopic (exact) mass is 621 g/mol. The van der Waals surface area contributed by atoms with Crippen molar-refractivity contribution in [1.82, 2.24) is 9.29 Å². The summed E-state index contributed by atoms with van der Waals surface area (Å²) in [5, 5.41) is 16.7. The van der Waals surface area contributed by atoms with Gasteiger partial charge in [-0.1, -0.05) is 53.0 Å². The Balaban J connectivity index is 1.45. The minimum absolute atomic E-state index is 0.0329. The highest BCUT2D eigenvalue weighted by Gasteiger charge is 2.24. The first-order valence-electron chi connectivity index (χ1n) is 12.3. The lowest BCUT2D eigenvalue weighted by Crippen LogP contribution is -2.27. The number of nitro groups is 1. The number of carbonyl (C=O) groups excluding carboxylic acids is 1. The number of hydrazone groups is 1. The molecule has 0 saturated carbocycles. The van der Waals surface area contributed by atoms with E-state index >= 15 is 0 Å². The van der Waals surface area contributed by atoms with Crippen LogP contribution < -0.4 is 9.75 Å². The Kier molecular flexibility index (Phi) is 8.40. The highest BCUT2D eigenvalue weighted by molar-refractivity contribution is 7.89. The number of methoxy groups -OCH3 is 1. The Labute approximate surface area is 249 Å². The third-order valence-corrected chi connectivity index (χ3v) is 9.89. The average Bonchev–Trinajstić information content (AvgIpc) is 3.65. The zero-order valence-electron chi connectivity index (χ0n) is 22.3. The maximum Gasteiger partial charge on any atom is 0.324 e. The van der Waals surface area contributed by atoms with Gasteiger partial charge in [0, 0.05) is 25.2 Å². The average molecular weight is 622 g/mol. The fourth-order valence-corrected chi connectivity index (χ4v) is 6.72. The van der Waals surface area contributed by atoms with E-state index in [1.807, 2.05) is 30.3 Å².